The number of carbonyl (C=O) groups is 1. The summed E-state index contributed by atoms with van der Waals surface area (Å²) in [7, 11) is 1.84. The van der Waals surface area contributed by atoms with Gasteiger partial charge in [0, 0.05) is 18.5 Å². The van der Waals surface area contributed by atoms with Gasteiger partial charge in [0.2, 0.25) is 0 Å². The molecule has 4 nitrogen and oxygen atoms in total. The predicted octanol–water partition coefficient (Wildman–Crippen LogP) is 3.23. The molecule has 0 saturated heterocycles. The zero-order valence-corrected chi connectivity index (χ0v) is 11.9. The molecule has 0 radical (unpaired) electrons. The standard InChI is InChI=1S/C18H13NO3/c1-3-12-13-9-14(18(21)22)16(20)10-15(13)19(2)17(12)11-7-5-4-6-8-11/h1,4-10,20H,2H3,(H,21,22). The molecule has 2 N–H and O–H groups in total. The quantitative estimate of drug-likeness (QED) is 0.713. The number of terminal acetylenes is 1. The molecule has 2 aromatic carbocycles. The summed E-state index contributed by atoms with van der Waals surface area (Å²) in [5, 5.41) is 19.7. The molecule has 1 heterocycles. The Balaban J connectivity index is 2.43. The first-order valence-electron chi connectivity index (χ1n) is 6.65. The molecule has 0 aliphatic carbocycles. The summed E-state index contributed by atoms with van der Waals surface area (Å²) in [5.41, 5.74) is 2.90. The number of carboxylic acid groups (broad SMARTS) is 1. The monoisotopic (exact) mass is 291 g/mol. The lowest BCUT2D eigenvalue weighted by atomic mass is 10.0. The fourth-order valence-electron chi connectivity index (χ4n) is 2.72. The smallest absolute Gasteiger partial charge is 0.339 e. The highest BCUT2D eigenvalue weighted by molar-refractivity contribution is 6.01. The van der Waals surface area contributed by atoms with Crippen LogP contribution in [0.4, 0.5) is 0 Å². The summed E-state index contributed by atoms with van der Waals surface area (Å²) >= 11 is 0. The predicted molar refractivity (Wildman–Crippen MR) is 84.9 cm³/mol. The van der Waals surface area contributed by atoms with Crippen LogP contribution < -0.4 is 0 Å². The lowest BCUT2D eigenvalue weighted by Gasteiger charge is -2.05. The molecule has 0 spiro atoms. The van der Waals surface area contributed by atoms with Gasteiger partial charge in [-0.3, -0.25) is 0 Å². The van der Waals surface area contributed by atoms with Crippen molar-refractivity contribution in [2.45, 2.75) is 0 Å². The van der Waals surface area contributed by atoms with E-state index in [1.54, 1.807) is 0 Å². The van der Waals surface area contributed by atoms with Crippen LogP contribution in [0.2, 0.25) is 0 Å². The molecule has 0 aliphatic rings. The molecule has 22 heavy (non-hydrogen) atoms. The second kappa shape index (κ2) is 4.97. The van der Waals surface area contributed by atoms with Crippen LogP contribution in [-0.4, -0.2) is 20.7 Å². The summed E-state index contributed by atoms with van der Waals surface area (Å²) in [5.74, 6) is 1.19. The zero-order chi connectivity index (χ0) is 15.9. The molecule has 3 aromatic rings. The van der Waals surface area contributed by atoms with E-state index in [9.17, 15) is 9.90 Å². The molecule has 0 fully saturated rings. The molecule has 0 atom stereocenters. The van der Waals surface area contributed by atoms with Crippen LogP contribution in [-0.2, 0) is 7.05 Å². The molecule has 3 rings (SSSR count). The van der Waals surface area contributed by atoms with Gasteiger partial charge in [0.05, 0.1) is 16.8 Å². The van der Waals surface area contributed by atoms with Crippen LogP contribution in [0.25, 0.3) is 22.2 Å². The maximum atomic E-state index is 11.2. The van der Waals surface area contributed by atoms with Gasteiger partial charge in [-0.15, -0.1) is 6.42 Å². The van der Waals surface area contributed by atoms with Crippen LogP contribution in [0.3, 0.4) is 0 Å². The summed E-state index contributed by atoms with van der Waals surface area (Å²) in [4.78, 5) is 11.2. The van der Waals surface area contributed by atoms with Crippen molar-refractivity contribution in [2.75, 3.05) is 0 Å². The number of fused-ring (bicyclic) bond motifs is 1. The van der Waals surface area contributed by atoms with Gasteiger partial charge in [0.1, 0.15) is 11.3 Å². The van der Waals surface area contributed by atoms with Gasteiger partial charge in [0.25, 0.3) is 0 Å². The molecule has 0 aliphatic heterocycles. The largest absolute Gasteiger partial charge is 0.507 e. The number of aryl methyl sites for hydroxylation is 1. The van der Waals surface area contributed by atoms with Gasteiger partial charge in [-0.05, 0) is 11.6 Å². The fraction of sp³-hybridized carbons (Fsp3) is 0.0556. The molecule has 0 amide bonds. The van der Waals surface area contributed by atoms with Crippen LogP contribution in [0, 0.1) is 12.3 Å². The van der Waals surface area contributed by atoms with E-state index in [2.05, 4.69) is 5.92 Å². The van der Waals surface area contributed by atoms with E-state index in [1.807, 2.05) is 41.9 Å². The van der Waals surface area contributed by atoms with E-state index >= 15 is 0 Å². The second-order valence-electron chi connectivity index (χ2n) is 4.98. The number of hydrogen-bond acceptors (Lipinski definition) is 2. The minimum Gasteiger partial charge on any atom is -0.507 e. The van der Waals surface area contributed by atoms with Gasteiger partial charge in [0.15, 0.2) is 0 Å². The van der Waals surface area contributed by atoms with Crippen molar-refractivity contribution in [3.63, 3.8) is 0 Å². The number of hydrogen-bond donors (Lipinski definition) is 2. The Morgan fingerprint density at radius 2 is 1.91 bits per heavy atom. The molecule has 0 saturated carbocycles. The Kier molecular flexibility index (Phi) is 3.11. The van der Waals surface area contributed by atoms with Gasteiger partial charge in [-0.1, -0.05) is 36.3 Å². The lowest BCUT2D eigenvalue weighted by Crippen LogP contribution is -1.97. The normalized spacial score (nSPS) is 10.5. The van der Waals surface area contributed by atoms with Crippen LogP contribution in [0.5, 0.6) is 5.75 Å². The first-order chi connectivity index (χ1) is 10.5. The number of benzene rings is 2. The second-order valence-corrected chi connectivity index (χ2v) is 4.98. The molecule has 108 valence electrons. The average Bonchev–Trinajstić information content (AvgIpc) is 2.79. The third-order valence-electron chi connectivity index (χ3n) is 3.74. The molecular weight excluding hydrogens is 278 g/mol. The number of aromatic carboxylic acids is 1. The van der Waals surface area contributed by atoms with E-state index in [1.165, 1.54) is 12.1 Å². The van der Waals surface area contributed by atoms with Gasteiger partial charge in [-0.25, -0.2) is 4.79 Å². The van der Waals surface area contributed by atoms with Crippen LogP contribution in [0.1, 0.15) is 15.9 Å². The van der Waals surface area contributed by atoms with Crippen molar-refractivity contribution in [1.82, 2.24) is 4.57 Å². The highest BCUT2D eigenvalue weighted by Crippen LogP contribution is 2.35. The van der Waals surface area contributed by atoms with E-state index < -0.39 is 5.97 Å². The summed E-state index contributed by atoms with van der Waals surface area (Å²) in [6.07, 6.45) is 5.66. The number of carboxylic acids is 1. The molecular formula is C18H13NO3. The molecule has 0 unspecified atom stereocenters. The van der Waals surface area contributed by atoms with E-state index in [0.717, 1.165) is 11.3 Å². The van der Waals surface area contributed by atoms with E-state index in [4.69, 9.17) is 11.5 Å². The minimum absolute atomic E-state index is 0.158. The summed E-state index contributed by atoms with van der Waals surface area (Å²) < 4.78 is 1.87. The summed E-state index contributed by atoms with van der Waals surface area (Å²) in [6.45, 7) is 0. The third kappa shape index (κ3) is 1.92. The third-order valence-corrected chi connectivity index (χ3v) is 3.74. The van der Waals surface area contributed by atoms with E-state index in [-0.39, 0.29) is 11.3 Å². The minimum atomic E-state index is -1.19. The van der Waals surface area contributed by atoms with E-state index in [0.29, 0.717) is 16.5 Å². The summed E-state index contributed by atoms with van der Waals surface area (Å²) in [6, 6.07) is 12.5. The van der Waals surface area contributed by atoms with Crippen molar-refractivity contribution in [2.24, 2.45) is 7.05 Å². The number of aromatic hydroxyl groups is 1. The number of phenols is 1. The van der Waals surface area contributed by atoms with Crippen molar-refractivity contribution < 1.29 is 15.0 Å². The first kappa shape index (κ1) is 13.8. The topological polar surface area (TPSA) is 62.5 Å². The highest BCUT2D eigenvalue weighted by atomic mass is 16.4. The van der Waals surface area contributed by atoms with Crippen molar-refractivity contribution in [3.05, 3.63) is 53.6 Å². The lowest BCUT2D eigenvalue weighted by molar-refractivity contribution is 0.0694. The Morgan fingerprint density at radius 3 is 2.50 bits per heavy atom. The average molecular weight is 291 g/mol. The first-order valence-corrected chi connectivity index (χ1v) is 6.65. The van der Waals surface area contributed by atoms with Gasteiger partial charge >= 0.3 is 5.97 Å². The van der Waals surface area contributed by atoms with Crippen LogP contribution in [0.15, 0.2) is 42.5 Å². The maximum Gasteiger partial charge on any atom is 0.339 e. The highest BCUT2D eigenvalue weighted by Gasteiger charge is 2.19. The SMILES string of the molecule is C#Cc1c(-c2ccccc2)n(C)c2cc(O)c(C(=O)O)cc12. The molecule has 4 heteroatoms. The number of rotatable bonds is 2. The number of aromatic nitrogens is 1. The Hall–Kier alpha value is -3.19. The maximum absolute atomic E-state index is 11.2. The Labute approximate surface area is 127 Å². The Bertz CT molecular complexity index is 931. The molecule has 1 aromatic heterocycles. The number of nitrogens with zero attached hydrogens (tertiary/aromatic N) is 1. The Morgan fingerprint density at radius 1 is 1.23 bits per heavy atom. The fourth-order valence-corrected chi connectivity index (χ4v) is 2.72. The van der Waals surface area contributed by atoms with Crippen molar-refractivity contribution >= 4 is 16.9 Å². The van der Waals surface area contributed by atoms with Crippen molar-refractivity contribution in [3.8, 4) is 29.4 Å². The van der Waals surface area contributed by atoms with Crippen LogP contribution >= 0.6 is 0 Å². The van der Waals surface area contributed by atoms with Gasteiger partial charge in [-0.2, -0.15) is 0 Å². The zero-order valence-electron chi connectivity index (χ0n) is 11.9. The molecule has 0 bridgehead atoms. The van der Waals surface area contributed by atoms with Crippen molar-refractivity contribution in [1.29, 1.82) is 0 Å². The van der Waals surface area contributed by atoms with Gasteiger partial charge < -0.3 is 14.8 Å².